The smallest absolute Gasteiger partial charge is 0.333 e. The fourth-order valence-electron chi connectivity index (χ4n) is 3.05. The Bertz CT molecular complexity index is 1270. The minimum absolute atomic E-state index is 0.305. The lowest BCUT2D eigenvalue weighted by atomic mass is 10.1. The van der Waals surface area contributed by atoms with Crippen LogP contribution in [0.3, 0.4) is 0 Å². The zero-order chi connectivity index (χ0) is 22.2. The van der Waals surface area contributed by atoms with Crippen LogP contribution in [0.25, 0.3) is 11.2 Å². The first-order chi connectivity index (χ1) is 14.7. The van der Waals surface area contributed by atoms with E-state index in [1.165, 1.54) is 17.2 Å². The molecule has 1 aliphatic rings. The molecule has 0 bridgehead atoms. The second kappa shape index (κ2) is 8.48. The molecule has 0 radical (unpaired) electrons. The van der Waals surface area contributed by atoms with E-state index < -0.39 is 41.5 Å². The Morgan fingerprint density at radius 1 is 1.16 bits per heavy atom. The SMILES string of the molecule is NS(=O)(=O)OC[C@H]1O[C@@H](n2cnc3c(C#Cc4ccc(Cl)cc4)ncnc32)[C@H](O)[C@@H]1O. The first kappa shape index (κ1) is 21.6. The van der Waals surface area contributed by atoms with E-state index in [0.29, 0.717) is 21.9 Å². The quantitative estimate of drug-likeness (QED) is 0.439. The van der Waals surface area contributed by atoms with Crippen LogP contribution in [0, 0.1) is 11.8 Å². The van der Waals surface area contributed by atoms with Gasteiger partial charge in [-0.05, 0) is 30.2 Å². The standard InChI is InChI=1S/C18H16ClN5O6S/c19-11-4-1-10(2-5-11)3-6-12-14-17(22-8-21-12)24(9-23-14)18-16(26)15(25)13(30-18)7-29-31(20,27)28/h1-2,4-5,8-9,13,15-16,18,25-26H,7H2,(H2,20,27,28)/t13-,15-,16-,18-/m1/s1. The van der Waals surface area contributed by atoms with Crippen molar-refractivity contribution in [2.75, 3.05) is 6.61 Å². The van der Waals surface area contributed by atoms with Crippen molar-refractivity contribution in [3.63, 3.8) is 0 Å². The van der Waals surface area contributed by atoms with Crippen LogP contribution in [-0.2, 0) is 19.2 Å². The summed E-state index contributed by atoms with van der Waals surface area (Å²) in [6.07, 6.45) is -2.41. The molecule has 4 rings (SSSR count). The van der Waals surface area contributed by atoms with Crippen molar-refractivity contribution in [2.45, 2.75) is 24.5 Å². The van der Waals surface area contributed by atoms with Crippen LogP contribution in [0.4, 0.5) is 0 Å². The van der Waals surface area contributed by atoms with Crippen molar-refractivity contribution in [1.29, 1.82) is 0 Å². The molecule has 3 aromatic rings. The van der Waals surface area contributed by atoms with Crippen LogP contribution in [0.1, 0.15) is 17.5 Å². The maximum Gasteiger partial charge on any atom is 0.333 e. The second-order valence-electron chi connectivity index (χ2n) is 6.63. The van der Waals surface area contributed by atoms with Gasteiger partial charge in [-0.15, -0.1) is 0 Å². The van der Waals surface area contributed by atoms with Gasteiger partial charge in [0.25, 0.3) is 0 Å². The van der Waals surface area contributed by atoms with Gasteiger partial charge in [-0.25, -0.2) is 20.1 Å². The van der Waals surface area contributed by atoms with Crippen LogP contribution in [-0.4, -0.2) is 63.1 Å². The molecule has 1 saturated heterocycles. The molecule has 0 aliphatic carbocycles. The number of aliphatic hydroxyl groups excluding tert-OH is 2. The second-order valence-corrected chi connectivity index (χ2v) is 8.28. The topological polar surface area (TPSA) is 163 Å². The molecule has 1 aromatic carbocycles. The number of fused-ring (bicyclic) bond motifs is 1. The van der Waals surface area contributed by atoms with E-state index in [1.807, 2.05) is 0 Å². The van der Waals surface area contributed by atoms with Gasteiger partial charge < -0.3 is 14.9 Å². The van der Waals surface area contributed by atoms with Gasteiger partial charge in [0.15, 0.2) is 11.9 Å². The summed E-state index contributed by atoms with van der Waals surface area (Å²) in [7, 11) is -4.23. The predicted molar refractivity (Wildman–Crippen MR) is 108 cm³/mol. The Morgan fingerprint density at radius 2 is 1.90 bits per heavy atom. The molecule has 4 atom stereocenters. The summed E-state index contributed by atoms with van der Waals surface area (Å²) in [5.41, 5.74) is 1.74. The number of rotatable bonds is 4. The first-order valence-corrected chi connectivity index (χ1v) is 10.7. The minimum atomic E-state index is -4.23. The van der Waals surface area contributed by atoms with Gasteiger partial charge in [0.2, 0.25) is 0 Å². The van der Waals surface area contributed by atoms with Crippen LogP contribution >= 0.6 is 11.6 Å². The average molecular weight is 466 g/mol. The Kier molecular flexibility index (Phi) is 5.91. The maximum absolute atomic E-state index is 11.0. The first-order valence-electron chi connectivity index (χ1n) is 8.87. The lowest BCUT2D eigenvalue weighted by Gasteiger charge is -2.16. The van der Waals surface area contributed by atoms with Gasteiger partial charge in [-0.2, -0.15) is 8.42 Å². The number of ether oxygens (including phenoxy) is 1. The molecular formula is C18H16ClN5O6S. The normalized spacial score (nSPS) is 23.6. The maximum atomic E-state index is 11.0. The third-order valence-electron chi connectivity index (χ3n) is 4.54. The predicted octanol–water partition coefficient (Wildman–Crippen LogP) is -0.281. The molecule has 1 fully saturated rings. The van der Waals surface area contributed by atoms with Gasteiger partial charge in [-0.1, -0.05) is 17.5 Å². The van der Waals surface area contributed by atoms with E-state index in [4.69, 9.17) is 21.5 Å². The van der Waals surface area contributed by atoms with Crippen molar-refractivity contribution in [1.82, 2.24) is 19.5 Å². The van der Waals surface area contributed by atoms with Gasteiger partial charge in [0, 0.05) is 10.6 Å². The molecule has 0 saturated carbocycles. The highest BCUT2D eigenvalue weighted by Gasteiger charge is 2.44. The van der Waals surface area contributed by atoms with E-state index in [1.54, 1.807) is 24.3 Å². The van der Waals surface area contributed by atoms with Gasteiger partial charge in [0.1, 0.15) is 35.8 Å². The highest BCUT2D eigenvalue weighted by Crippen LogP contribution is 2.31. The number of imidazole rings is 1. The van der Waals surface area contributed by atoms with Gasteiger partial charge in [0.05, 0.1) is 12.9 Å². The summed E-state index contributed by atoms with van der Waals surface area (Å²) >= 11 is 5.87. The van der Waals surface area contributed by atoms with Crippen LogP contribution in [0.2, 0.25) is 5.02 Å². The van der Waals surface area contributed by atoms with Gasteiger partial charge >= 0.3 is 10.3 Å². The summed E-state index contributed by atoms with van der Waals surface area (Å²) in [5, 5.41) is 26.0. The van der Waals surface area contributed by atoms with Crippen molar-refractivity contribution >= 4 is 33.1 Å². The van der Waals surface area contributed by atoms with E-state index >= 15 is 0 Å². The largest absolute Gasteiger partial charge is 0.387 e. The van der Waals surface area contributed by atoms with Gasteiger partial charge in [-0.3, -0.25) is 8.75 Å². The fourth-order valence-corrected chi connectivity index (χ4v) is 3.50. The number of hydrogen-bond acceptors (Lipinski definition) is 9. The lowest BCUT2D eigenvalue weighted by Crippen LogP contribution is -2.35. The summed E-state index contributed by atoms with van der Waals surface area (Å²) < 4.78 is 33.4. The average Bonchev–Trinajstić information content (AvgIpc) is 3.27. The van der Waals surface area contributed by atoms with Crippen molar-refractivity contribution in [3.8, 4) is 11.8 Å². The molecular weight excluding hydrogens is 450 g/mol. The third kappa shape index (κ3) is 4.68. The van der Waals surface area contributed by atoms with E-state index in [-0.39, 0.29) is 0 Å². The molecule has 13 heteroatoms. The molecule has 4 N–H and O–H groups in total. The van der Waals surface area contributed by atoms with Crippen molar-refractivity contribution < 1.29 is 27.6 Å². The number of benzene rings is 1. The Labute approximate surface area is 181 Å². The highest BCUT2D eigenvalue weighted by atomic mass is 35.5. The molecule has 162 valence electrons. The summed E-state index contributed by atoms with van der Waals surface area (Å²) in [5.74, 6) is 5.88. The third-order valence-corrected chi connectivity index (χ3v) is 5.25. The van der Waals surface area contributed by atoms with Crippen LogP contribution < -0.4 is 5.14 Å². The van der Waals surface area contributed by atoms with E-state index in [9.17, 15) is 18.6 Å². The number of hydrogen-bond donors (Lipinski definition) is 3. The zero-order valence-electron chi connectivity index (χ0n) is 15.7. The Balaban J connectivity index is 1.61. The van der Waals surface area contributed by atoms with E-state index in [2.05, 4.69) is 31.0 Å². The molecule has 0 spiro atoms. The minimum Gasteiger partial charge on any atom is -0.387 e. The fraction of sp³-hybridized carbons (Fsp3) is 0.278. The number of aromatic nitrogens is 4. The van der Waals surface area contributed by atoms with E-state index in [0.717, 1.165) is 5.56 Å². The van der Waals surface area contributed by atoms with Crippen LogP contribution in [0.15, 0.2) is 36.9 Å². The molecule has 11 nitrogen and oxygen atoms in total. The summed E-state index contributed by atoms with van der Waals surface area (Å²) in [4.78, 5) is 12.6. The molecule has 1 aliphatic heterocycles. The molecule has 3 heterocycles. The molecule has 2 aromatic heterocycles. The number of nitrogens with zero attached hydrogens (tertiary/aromatic N) is 4. The molecule has 31 heavy (non-hydrogen) atoms. The monoisotopic (exact) mass is 465 g/mol. The van der Waals surface area contributed by atoms with Crippen molar-refractivity contribution in [3.05, 3.63) is 53.2 Å². The number of nitrogens with two attached hydrogens (primary N) is 1. The number of halogens is 1. The van der Waals surface area contributed by atoms with Crippen molar-refractivity contribution in [2.24, 2.45) is 5.14 Å². The zero-order valence-corrected chi connectivity index (χ0v) is 17.2. The molecule has 0 amide bonds. The molecule has 0 unspecified atom stereocenters. The summed E-state index contributed by atoms with van der Waals surface area (Å²) in [6, 6.07) is 6.96. The Hall–Kier alpha value is -2.63. The summed E-state index contributed by atoms with van der Waals surface area (Å²) in [6.45, 7) is -0.563. The lowest BCUT2D eigenvalue weighted by molar-refractivity contribution is -0.0467. The van der Waals surface area contributed by atoms with Crippen LogP contribution in [0.5, 0.6) is 0 Å². The Morgan fingerprint density at radius 3 is 2.61 bits per heavy atom. The highest BCUT2D eigenvalue weighted by molar-refractivity contribution is 7.84. The number of aliphatic hydroxyl groups is 2.